The number of morpholine rings is 1. The van der Waals surface area contributed by atoms with Crippen LogP contribution in [0.25, 0.3) is 55.3 Å². The highest BCUT2D eigenvalue weighted by Crippen LogP contribution is 2.45. The van der Waals surface area contributed by atoms with Crippen LogP contribution in [0.4, 0.5) is 5.82 Å². The van der Waals surface area contributed by atoms with E-state index < -0.39 is 0 Å². The Balaban J connectivity index is 1.62. The van der Waals surface area contributed by atoms with Gasteiger partial charge in [0.15, 0.2) is 0 Å². The van der Waals surface area contributed by atoms with Gasteiger partial charge in [-0.15, -0.1) is 0 Å². The summed E-state index contributed by atoms with van der Waals surface area (Å²) in [6.07, 6.45) is 0. The Kier molecular flexibility index (Phi) is 6.72. The molecule has 4 nitrogen and oxygen atoms in total. The van der Waals surface area contributed by atoms with Crippen LogP contribution in [0.1, 0.15) is 0 Å². The van der Waals surface area contributed by atoms with Gasteiger partial charge < -0.3 is 9.64 Å². The van der Waals surface area contributed by atoms with Gasteiger partial charge in [-0.1, -0.05) is 88.2 Å². The average Bonchev–Trinajstić information content (AvgIpc) is 3.01. The summed E-state index contributed by atoms with van der Waals surface area (Å²) in [6.45, 7) is 2.87. The average molecular weight is 607 g/mol. The van der Waals surface area contributed by atoms with Crippen molar-refractivity contribution in [2.45, 2.75) is 0 Å². The van der Waals surface area contributed by atoms with E-state index in [1.165, 1.54) is 0 Å². The summed E-state index contributed by atoms with van der Waals surface area (Å²) >= 11 is 10.2. The molecule has 0 amide bonds. The number of fused-ring (bicyclic) bond motifs is 2. The van der Waals surface area contributed by atoms with Crippen LogP contribution in [-0.4, -0.2) is 36.3 Å². The van der Waals surface area contributed by atoms with Gasteiger partial charge in [0.1, 0.15) is 5.82 Å². The first-order valence-electron chi connectivity index (χ1n) is 13.3. The summed E-state index contributed by atoms with van der Waals surface area (Å²) < 4.78 is 6.74. The Labute approximate surface area is 246 Å². The Morgan fingerprint density at radius 3 is 2.10 bits per heavy atom. The zero-order chi connectivity index (χ0) is 27.1. The molecule has 196 valence electrons. The second kappa shape index (κ2) is 10.7. The van der Waals surface area contributed by atoms with E-state index >= 15 is 0 Å². The first-order valence-corrected chi connectivity index (χ1v) is 14.5. The molecule has 0 aliphatic carbocycles. The molecule has 0 unspecified atom stereocenters. The number of ether oxygens (including phenoxy) is 1. The van der Waals surface area contributed by atoms with E-state index in [2.05, 4.69) is 99.7 Å². The van der Waals surface area contributed by atoms with Crippen LogP contribution in [-0.2, 0) is 4.74 Å². The van der Waals surface area contributed by atoms with Gasteiger partial charge in [-0.05, 0) is 59.2 Å². The van der Waals surface area contributed by atoms with Crippen LogP contribution in [0.15, 0.2) is 108 Å². The molecule has 0 atom stereocenters. The van der Waals surface area contributed by atoms with E-state index in [-0.39, 0.29) is 0 Å². The summed E-state index contributed by atoms with van der Waals surface area (Å²) in [5.41, 5.74) is 8.18. The van der Waals surface area contributed by atoms with E-state index in [0.717, 1.165) is 78.7 Å². The number of nitrogens with zero attached hydrogens (tertiary/aromatic N) is 3. The maximum Gasteiger partial charge on any atom is 0.139 e. The molecule has 1 fully saturated rings. The molecule has 0 spiro atoms. The third-order valence-corrected chi connectivity index (χ3v) is 8.14. The molecule has 7 rings (SSSR count). The van der Waals surface area contributed by atoms with Crippen LogP contribution in [0, 0.1) is 0 Å². The van der Waals surface area contributed by atoms with Gasteiger partial charge in [-0.3, -0.25) is 0 Å². The highest BCUT2D eigenvalue weighted by Gasteiger charge is 2.25. The third kappa shape index (κ3) is 4.64. The fourth-order valence-corrected chi connectivity index (χ4v) is 6.09. The van der Waals surface area contributed by atoms with Crippen molar-refractivity contribution in [1.29, 1.82) is 0 Å². The molecule has 0 radical (unpaired) electrons. The van der Waals surface area contributed by atoms with Gasteiger partial charge >= 0.3 is 0 Å². The fourth-order valence-electron chi connectivity index (χ4n) is 5.56. The zero-order valence-corrected chi connectivity index (χ0v) is 24.0. The Morgan fingerprint density at radius 2 is 1.35 bits per heavy atom. The van der Waals surface area contributed by atoms with E-state index in [9.17, 15) is 0 Å². The van der Waals surface area contributed by atoms with Crippen molar-refractivity contribution in [2.24, 2.45) is 0 Å². The molecule has 4 aromatic carbocycles. The predicted octanol–water partition coefficient (Wildman–Crippen LogP) is 9.04. The smallest absolute Gasteiger partial charge is 0.139 e. The summed E-state index contributed by atoms with van der Waals surface area (Å²) in [6, 6.07) is 35.4. The standard InChI is InChI=1S/C34H25BrClN3O/c35-24-11-13-30-28(19-24)32(23-9-5-2-6-10-23)33(34(38-30)39-15-17-40-18-16-39)31-21-26(22-7-3-1-4-8-22)27-20-25(36)12-14-29(27)37-31/h1-14,19-21H,15-18H2. The lowest BCUT2D eigenvalue weighted by Gasteiger charge is -2.31. The van der Waals surface area contributed by atoms with Crippen LogP contribution < -0.4 is 4.90 Å². The number of pyridine rings is 2. The second-order valence-electron chi connectivity index (χ2n) is 9.89. The topological polar surface area (TPSA) is 38.2 Å². The first-order chi connectivity index (χ1) is 19.7. The van der Waals surface area contributed by atoms with Gasteiger partial charge in [-0.2, -0.15) is 0 Å². The normalized spacial score (nSPS) is 13.7. The predicted molar refractivity (Wildman–Crippen MR) is 169 cm³/mol. The largest absolute Gasteiger partial charge is 0.378 e. The van der Waals surface area contributed by atoms with Gasteiger partial charge in [0.05, 0.1) is 35.5 Å². The van der Waals surface area contributed by atoms with E-state index in [4.69, 9.17) is 26.3 Å². The van der Waals surface area contributed by atoms with Gasteiger partial charge in [0.2, 0.25) is 0 Å². The van der Waals surface area contributed by atoms with Gasteiger partial charge in [-0.25, -0.2) is 9.97 Å². The summed E-state index contributed by atoms with van der Waals surface area (Å²) in [7, 11) is 0. The molecule has 40 heavy (non-hydrogen) atoms. The number of benzene rings is 4. The quantitative estimate of drug-likeness (QED) is 0.201. The van der Waals surface area contributed by atoms with Crippen LogP contribution >= 0.6 is 27.5 Å². The van der Waals surface area contributed by atoms with Crippen LogP contribution in [0.2, 0.25) is 5.02 Å². The summed E-state index contributed by atoms with van der Waals surface area (Å²) in [5, 5.41) is 2.79. The van der Waals surface area contributed by atoms with Crippen molar-refractivity contribution < 1.29 is 4.74 Å². The maximum absolute atomic E-state index is 6.49. The molecule has 0 bridgehead atoms. The van der Waals surface area contributed by atoms with Crippen molar-refractivity contribution in [2.75, 3.05) is 31.2 Å². The number of anilines is 1. The first kappa shape index (κ1) is 25.2. The number of aromatic nitrogens is 2. The Morgan fingerprint density at radius 1 is 0.675 bits per heavy atom. The van der Waals surface area contributed by atoms with Crippen molar-refractivity contribution in [1.82, 2.24) is 9.97 Å². The number of hydrogen-bond donors (Lipinski definition) is 0. The van der Waals surface area contributed by atoms with Crippen molar-refractivity contribution >= 4 is 55.2 Å². The Hall–Kier alpha value is -3.77. The molecule has 3 heterocycles. The SMILES string of the molecule is Clc1ccc2nc(-c3c(N4CCOCC4)nc4ccc(Br)cc4c3-c3ccccc3)cc(-c3ccccc3)c2c1. The molecular formula is C34H25BrClN3O. The lowest BCUT2D eigenvalue weighted by atomic mass is 9.91. The summed E-state index contributed by atoms with van der Waals surface area (Å²) in [5.74, 6) is 0.928. The van der Waals surface area contributed by atoms with Crippen molar-refractivity contribution in [3.63, 3.8) is 0 Å². The molecular weight excluding hydrogens is 582 g/mol. The third-order valence-electron chi connectivity index (χ3n) is 7.41. The highest BCUT2D eigenvalue weighted by atomic mass is 79.9. The van der Waals surface area contributed by atoms with Crippen molar-refractivity contribution in [3.8, 4) is 33.5 Å². The molecule has 1 saturated heterocycles. The molecule has 6 heteroatoms. The van der Waals surface area contributed by atoms with E-state index in [1.54, 1.807) is 0 Å². The zero-order valence-electron chi connectivity index (χ0n) is 21.6. The fraction of sp³-hybridized carbons (Fsp3) is 0.118. The second-order valence-corrected chi connectivity index (χ2v) is 11.2. The van der Waals surface area contributed by atoms with E-state index in [0.29, 0.717) is 18.2 Å². The number of hydrogen-bond acceptors (Lipinski definition) is 4. The lowest BCUT2D eigenvalue weighted by Crippen LogP contribution is -2.37. The molecule has 2 aromatic heterocycles. The molecule has 1 aliphatic heterocycles. The number of rotatable bonds is 4. The molecule has 1 aliphatic rings. The summed E-state index contributed by atoms with van der Waals surface area (Å²) in [4.78, 5) is 12.9. The number of halogens is 2. The maximum atomic E-state index is 6.49. The lowest BCUT2D eigenvalue weighted by molar-refractivity contribution is 0.122. The van der Waals surface area contributed by atoms with Crippen molar-refractivity contribution in [3.05, 3.63) is 113 Å². The minimum atomic E-state index is 0.666. The molecule has 0 saturated carbocycles. The van der Waals surface area contributed by atoms with E-state index in [1.807, 2.05) is 24.3 Å². The van der Waals surface area contributed by atoms with Gasteiger partial charge in [0.25, 0.3) is 0 Å². The highest BCUT2D eigenvalue weighted by molar-refractivity contribution is 9.10. The molecule has 0 N–H and O–H groups in total. The monoisotopic (exact) mass is 605 g/mol. The minimum Gasteiger partial charge on any atom is -0.378 e. The minimum absolute atomic E-state index is 0.666. The van der Waals surface area contributed by atoms with Crippen LogP contribution in [0.3, 0.4) is 0 Å². The molecule has 6 aromatic rings. The van der Waals surface area contributed by atoms with Gasteiger partial charge in [0, 0.05) is 38.9 Å². The Bertz CT molecular complexity index is 1860. The van der Waals surface area contributed by atoms with Crippen LogP contribution in [0.5, 0.6) is 0 Å².